The van der Waals surface area contributed by atoms with E-state index in [0.29, 0.717) is 25.0 Å². The van der Waals surface area contributed by atoms with Crippen LogP contribution in [0.3, 0.4) is 0 Å². The molecule has 0 saturated heterocycles. The Labute approximate surface area is 180 Å². The summed E-state index contributed by atoms with van der Waals surface area (Å²) in [6.45, 7) is 2.19. The molecule has 3 atom stereocenters. The highest BCUT2D eigenvalue weighted by atomic mass is 16.4. The number of hydrogen-bond donors (Lipinski definition) is 2. The molecule has 0 heterocycles. The number of aliphatic carboxylic acids is 1. The Kier molecular flexibility index (Phi) is 7.87. The lowest BCUT2D eigenvalue weighted by molar-refractivity contribution is -0.137. The minimum Gasteiger partial charge on any atom is -0.481 e. The van der Waals surface area contributed by atoms with Crippen LogP contribution in [0.15, 0.2) is 36.4 Å². The van der Waals surface area contributed by atoms with Crippen LogP contribution in [-0.2, 0) is 9.59 Å². The van der Waals surface area contributed by atoms with Gasteiger partial charge >= 0.3 is 5.97 Å². The summed E-state index contributed by atoms with van der Waals surface area (Å²) in [6, 6.07) is 8.33. The second kappa shape index (κ2) is 10.4. The zero-order chi connectivity index (χ0) is 21.6. The predicted octanol–water partition coefficient (Wildman–Crippen LogP) is 5.95. The summed E-state index contributed by atoms with van der Waals surface area (Å²) in [5, 5.41) is 19.9. The van der Waals surface area contributed by atoms with Crippen molar-refractivity contribution in [3.8, 4) is 0 Å². The number of aliphatic hydroxyl groups excluding tert-OH is 1. The van der Waals surface area contributed by atoms with E-state index in [4.69, 9.17) is 5.11 Å². The van der Waals surface area contributed by atoms with Crippen molar-refractivity contribution >= 4 is 11.8 Å². The third-order valence-electron chi connectivity index (χ3n) is 7.25. The molecule has 1 unspecified atom stereocenters. The Hall–Kier alpha value is -1.94. The maximum atomic E-state index is 12.5. The Morgan fingerprint density at radius 1 is 1.30 bits per heavy atom. The molecule has 164 valence electrons. The average Bonchev–Trinajstić information content (AvgIpc) is 3.07. The van der Waals surface area contributed by atoms with Crippen molar-refractivity contribution in [1.29, 1.82) is 0 Å². The number of carbonyl (C=O) groups is 2. The molecule has 1 aromatic carbocycles. The molecule has 3 rings (SSSR count). The number of allylic oxidation sites excluding steroid dienone is 2. The fourth-order valence-corrected chi connectivity index (χ4v) is 5.44. The van der Waals surface area contributed by atoms with Crippen LogP contribution < -0.4 is 0 Å². The first-order valence-corrected chi connectivity index (χ1v) is 11.6. The van der Waals surface area contributed by atoms with Crippen molar-refractivity contribution in [3.05, 3.63) is 47.5 Å². The quantitative estimate of drug-likeness (QED) is 0.348. The van der Waals surface area contributed by atoms with Gasteiger partial charge in [0, 0.05) is 24.2 Å². The molecule has 2 saturated carbocycles. The van der Waals surface area contributed by atoms with Crippen LogP contribution in [-0.4, -0.2) is 22.0 Å². The molecule has 30 heavy (non-hydrogen) atoms. The van der Waals surface area contributed by atoms with Gasteiger partial charge in [0.2, 0.25) is 0 Å². The van der Waals surface area contributed by atoms with E-state index in [-0.39, 0.29) is 23.7 Å². The summed E-state index contributed by atoms with van der Waals surface area (Å²) in [5.41, 5.74) is 2.22. The smallest absolute Gasteiger partial charge is 0.303 e. The number of rotatable bonds is 11. The van der Waals surface area contributed by atoms with Gasteiger partial charge in [-0.1, -0.05) is 56.2 Å². The second-order valence-corrected chi connectivity index (χ2v) is 9.25. The van der Waals surface area contributed by atoms with Gasteiger partial charge in [0.15, 0.2) is 0 Å². The normalized spacial score (nSPS) is 24.1. The summed E-state index contributed by atoms with van der Waals surface area (Å²) in [7, 11) is 0. The van der Waals surface area contributed by atoms with E-state index < -0.39 is 12.1 Å². The number of benzene rings is 1. The Morgan fingerprint density at radius 3 is 2.77 bits per heavy atom. The topological polar surface area (TPSA) is 74.6 Å². The van der Waals surface area contributed by atoms with Crippen LogP contribution in [0.1, 0.15) is 101 Å². The fraction of sp³-hybridized carbons (Fsp3) is 0.615. The molecule has 2 N–H and O–H groups in total. The summed E-state index contributed by atoms with van der Waals surface area (Å²) in [6.07, 6.45) is 13.0. The molecule has 4 nitrogen and oxygen atoms in total. The number of carbonyl (C=O) groups excluding carboxylic acids is 1. The highest BCUT2D eigenvalue weighted by molar-refractivity contribution is 5.84. The summed E-state index contributed by atoms with van der Waals surface area (Å²) < 4.78 is 0. The highest BCUT2D eigenvalue weighted by Crippen LogP contribution is 2.53. The van der Waals surface area contributed by atoms with Gasteiger partial charge in [-0.25, -0.2) is 0 Å². The zero-order valence-electron chi connectivity index (χ0n) is 18.2. The SMILES string of the molecule is CCCC1(C(O)c2cccc([C@H]3CCC(=O)[C@@H]3C/C=C\CCCC(=O)O)c2)CCC1. The maximum Gasteiger partial charge on any atom is 0.303 e. The molecule has 0 amide bonds. The molecule has 2 aliphatic rings. The van der Waals surface area contributed by atoms with Gasteiger partial charge in [0.25, 0.3) is 0 Å². The molecule has 2 aliphatic carbocycles. The Morgan fingerprint density at radius 2 is 2.10 bits per heavy atom. The lowest BCUT2D eigenvalue weighted by Gasteiger charge is -2.46. The first kappa shape index (κ1) is 22.7. The van der Waals surface area contributed by atoms with Crippen molar-refractivity contribution in [1.82, 2.24) is 0 Å². The molecule has 0 bridgehead atoms. The number of unbranched alkanes of at least 4 members (excludes halogenated alkanes) is 1. The summed E-state index contributed by atoms with van der Waals surface area (Å²) in [5.74, 6) is -0.250. The van der Waals surface area contributed by atoms with Crippen molar-refractivity contribution in [2.75, 3.05) is 0 Å². The first-order valence-electron chi connectivity index (χ1n) is 11.6. The first-order chi connectivity index (χ1) is 14.5. The molecule has 1 aromatic rings. The van der Waals surface area contributed by atoms with E-state index in [1.165, 1.54) is 12.0 Å². The molecule has 4 heteroatoms. The van der Waals surface area contributed by atoms with Crippen molar-refractivity contribution in [2.24, 2.45) is 11.3 Å². The number of hydrogen-bond acceptors (Lipinski definition) is 3. The Balaban J connectivity index is 1.67. The van der Waals surface area contributed by atoms with E-state index in [2.05, 4.69) is 19.1 Å². The number of carboxylic acid groups (broad SMARTS) is 1. The highest BCUT2D eigenvalue weighted by Gasteiger charge is 2.43. The van der Waals surface area contributed by atoms with Gasteiger partial charge in [0.05, 0.1) is 6.10 Å². The largest absolute Gasteiger partial charge is 0.481 e. The predicted molar refractivity (Wildman–Crippen MR) is 118 cm³/mol. The summed E-state index contributed by atoms with van der Waals surface area (Å²) >= 11 is 0. The third-order valence-corrected chi connectivity index (χ3v) is 7.25. The van der Waals surface area contributed by atoms with E-state index in [0.717, 1.165) is 44.1 Å². The van der Waals surface area contributed by atoms with Crippen LogP contribution in [0.4, 0.5) is 0 Å². The summed E-state index contributed by atoms with van der Waals surface area (Å²) in [4.78, 5) is 23.1. The number of aliphatic hydroxyl groups is 1. The van der Waals surface area contributed by atoms with Gasteiger partial charge in [-0.2, -0.15) is 0 Å². The lowest BCUT2D eigenvalue weighted by atomic mass is 9.61. The third kappa shape index (κ3) is 5.21. The molecular weight excluding hydrogens is 376 g/mol. The van der Waals surface area contributed by atoms with E-state index in [1.807, 2.05) is 24.3 Å². The van der Waals surface area contributed by atoms with Crippen LogP contribution in [0, 0.1) is 11.3 Å². The molecular formula is C26H36O4. The van der Waals surface area contributed by atoms with E-state index >= 15 is 0 Å². The van der Waals surface area contributed by atoms with Crippen LogP contribution in [0.2, 0.25) is 0 Å². The van der Waals surface area contributed by atoms with Gasteiger partial charge in [-0.15, -0.1) is 0 Å². The standard InChI is InChI=1S/C26H36O4/c1-2-15-26(16-8-17-26)25(30)20-10-7-9-19(18-20)21-13-14-23(27)22(21)11-5-3-4-6-12-24(28)29/h3,5,7,9-10,18,21-22,25,30H,2,4,6,8,11-17H2,1H3,(H,28,29)/b5-3-/t21-,22-,25?/m1/s1. The van der Waals surface area contributed by atoms with Crippen molar-refractivity contribution in [3.63, 3.8) is 0 Å². The Bertz CT molecular complexity index is 762. The minimum atomic E-state index is -0.765. The monoisotopic (exact) mass is 412 g/mol. The van der Waals surface area contributed by atoms with Crippen LogP contribution in [0.5, 0.6) is 0 Å². The fourth-order valence-electron chi connectivity index (χ4n) is 5.44. The molecule has 0 aromatic heterocycles. The van der Waals surface area contributed by atoms with Crippen LogP contribution >= 0.6 is 0 Å². The van der Waals surface area contributed by atoms with Crippen LogP contribution in [0.25, 0.3) is 0 Å². The molecule has 2 fully saturated rings. The van der Waals surface area contributed by atoms with Gasteiger partial charge in [-0.05, 0) is 62.0 Å². The zero-order valence-corrected chi connectivity index (χ0v) is 18.2. The number of carboxylic acids is 1. The van der Waals surface area contributed by atoms with Gasteiger partial charge < -0.3 is 10.2 Å². The van der Waals surface area contributed by atoms with E-state index in [9.17, 15) is 14.7 Å². The van der Waals surface area contributed by atoms with Crippen molar-refractivity contribution in [2.45, 2.75) is 89.6 Å². The van der Waals surface area contributed by atoms with Gasteiger partial charge in [-0.3, -0.25) is 9.59 Å². The van der Waals surface area contributed by atoms with Gasteiger partial charge in [0.1, 0.15) is 5.78 Å². The number of ketones is 1. The second-order valence-electron chi connectivity index (χ2n) is 9.25. The maximum absolute atomic E-state index is 12.5. The molecule has 0 radical (unpaired) electrons. The lowest BCUT2D eigenvalue weighted by Crippen LogP contribution is -2.36. The van der Waals surface area contributed by atoms with Crippen molar-refractivity contribution < 1.29 is 19.8 Å². The minimum absolute atomic E-state index is 0.0126. The van der Waals surface area contributed by atoms with E-state index in [1.54, 1.807) is 0 Å². The molecule has 0 spiro atoms. The number of Topliss-reactive ketones (excluding diaryl/α,β-unsaturated/α-hetero) is 1. The molecule has 0 aliphatic heterocycles. The average molecular weight is 413 g/mol.